The van der Waals surface area contributed by atoms with Crippen LogP contribution in [0.25, 0.3) is 0 Å². The van der Waals surface area contributed by atoms with E-state index in [1.807, 2.05) is 18.2 Å². The zero-order chi connectivity index (χ0) is 13.5. The number of imide groups is 1. The Bertz CT molecular complexity index is 538. The number of amides is 3. The number of nitrogens with zero attached hydrogens (tertiary/aromatic N) is 1. The number of urea groups is 1. The summed E-state index contributed by atoms with van der Waals surface area (Å²) in [6.07, 6.45) is 3.48. The molecule has 1 N–H and O–H groups in total. The third-order valence-electron chi connectivity index (χ3n) is 3.99. The first kappa shape index (κ1) is 12.5. The van der Waals surface area contributed by atoms with Gasteiger partial charge in [0.2, 0.25) is 0 Å². The predicted molar refractivity (Wildman–Crippen MR) is 71.7 cm³/mol. The van der Waals surface area contributed by atoms with Crippen molar-refractivity contribution in [2.45, 2.75) is 37.8 Å². The van der Waals surface area contributed by atoms with Crippen LogP contribution < -0.4 is 5.32 Å². The average molecular weight is 279 g/mol. The van der Waals surface area contributed by atoms with Gasteiger partial charge >= 0.3 is 6.03 Å². The van der Waals surface area contributed by atoms with Crippen LogP contribution in [0.5, 0.6) is 0 Å². The van der Waals surface area contributed by atoms with E-state index in [1.165, 1.54) is 4.90 Å². The van der Waals surface area contributed by atoms with E-state index >= 15 is 0 Å². The first-order valence-corrected chi connectivity index (χ1v) is 6.88. The standard InChI is InChI=1S/C14H15ClN2O2/c15-11-6-2-1-5-10(11)9-17-12(18)14(16-13(17)19)7-3-4-8-14/h1-2,5-6H,3-4,7-9H2,(H,16,19). The van der Waals surface area contributed by atoms with Crippen molar-refractivity contribution in [1.29, 1.82) is 0 Å². The maximum absolute atomic E-state index is 12.5. The monoisotopic (exact) mass is 278 g/mol. The molecule has 1 aromatic rings. The SMILES string of the molecule is O=C1NC2(CCCC2)C(=O)N1Cc1ccccc1Cl. The summed E-state index contributed by atoms with van der Waals surface area (Å²) in [5, 5.41) is 3.44. The summed E-state index contributed by atoms with van der Waals surface area (Å²) < 4.78 is 0. The van der Waals surface area contributed by atoms with Gasteiger partial charge in [0.15, 0.2) is 0 Å². The fraction of sp³-hybridized carbons (Fsp3) is 0.429. The van der Waals surface area contributed by atoms with Gasteiger partial charge in [-0.15, -0.1) is 0 Å². The smallest absolute Gasteiger partial charge is 0.323 e. The molecule has 3 rings (SSSR count). The van der Waals surface area contributed by atoms with E-state index in [0.29, 0.717) is 5.02 Å². The van der Waals surface area contributed by atoms with Crippen molar-refractivity contribution >= 4 is 23.5 Å². The molecule has 1 saturated carbocycles. The van der Waals surface area contributed by atoms with Gasteiger partial charge in [0.1, 0.15) is 5.54 Å². The largest absolute Gasteiger partial charge is 0.325 e. The van der Waals surface area contributed by atoms with E-state index in [2.05, 4.69) is 5.32 Å². The maximum atomic E-state index is 12.5. The van der Waals surface area contributed by atoms with Gasteiger partial charge < -0.3 is 5.32 Å². The Balaban J connectivity index is 1.84. The van der Waals surface area contributed by atoms with Gasteiger partial charge in [-0.25, -0.2) is 4.79 Å². The van der Waals surface area contributed by atoms with Crippen molar-refractivity contribution in [3.63, 3.8) is 0 Å². The number of carbonyl (C=O) groups excluding carboxylic acids is 2. The van der Waals surface area contributed by atoms with Gasteiger partial charge in [0, 0.05) is 5.02 Å². The molecule has 1 saturated heterocycles. The first-order valence-electron chi connectivity index (χ1n) is 6.50. The lowest BCUT2D eigenvalue weighted by Crippen LogP contribution is -2.44. The minimum atomic E-state index is -0.641. The Morgan fingerprint density at radius 1 is 1.21 bits per heavy atom. The molecule has 1 spiro atoms. The number of benzene rings is 1. The van der Waals surface area contributed by atoms with E-state index < -0.39 is 5.54 Å². The van der Waals surface area contributed by atoms with Crippen LogP contribution in [-0.2, 0) is 11.3 Å². The summed E-state index contributed by atoms with van der Waals surface area (Å²) >= 11 is 6.08. The highest BCUT2D eigenvalue weighted by atomic mass is 35.5. The fourth-order valence-electron chi connectivity index (χ4n) is 2.93. The zero-order valence-electron chi connectivity index (χ0n) is 10.5. The third-order valence-corrected chi connectivity index (χ3v) is 4.36. The highest BCUT2D eigenvalue weighted by molar-refractivity contribution is 6.31. The van der Waals surface area contributed by atoms with Gasteiger partial charge in [-0.3, -0.25) is 9.69 Å². The highest BCUT2D eigenvalue weighted by Gasteiger charge is 2.52. The maximum Gasteiger partial charge on any atom is 0.325 e. The molecule has 0 aromatic heterocycles. The lowest BCUT2D eigenvalue weighted by atomic mass is 9.98. The van der Waals surface area contributed by atoms with Crippen LogP contribution in [0.2, 0.25) is 5.02 Å². The topological polar surface area (TPSA) is 49.4 Å². The van der Waals surface area contributed by atoms with E-state index in [-0.39, 0.29) is 18.5 Å². The highest BCUT2D eigenvalue weighted by Crippen LogP contribution is 2.35. The molecule has 0 atom stereocenters. The summed E-state index contributed by atoms with van der Waals surface area (Å²) in [5.41, 5.74) is 0.154. The van der Waals surface area contributed by atoms with Crippen LogP contribution in [0.4, 0.5) is 4.79 Å². The minimum Gasteiger partial charge on any atom is -0.323 e. The first-order chi connectivity index (χ1) is 9.12. The summed E-state index contributed by atoms with van der Waals surface area (Å²) in [6.45, 7) is 0.242. The van der Waals surface area contributed by atoms with Gasteiger partial charge in [0.05, 0.1) is 6.54 Å². The molecule has 0 bridgehead atoms. The Morgan fingerprint density at radius 3 is 2.58 bits per heavy atom. The Morgan fingerprint density at radius 2 is 1.89 bits per heavy atom. The van der Waals surface area contributed by atoms with Crippen molar-refractivity contribution in [2.24, 2.45) is 0 Å². The Hall–Kier alpha value is -1.55. The van der Waals surface area contributed by atoms with Crippen molar-refractivity contribution in [3.8, 4) is 0 Å². The van der Waals surface area contributed by atoms with Gasteiger partial charge in [-0.05, 0) is 24.5 Å². The van der Waals surface area contributed by atoms with Crippen LogP contribution in [0.1, 0.15) is 31.2 Å². The molecule has 1 aromatic carbocycles. The molecule has 2 aliphatic rings. The lowest BCUT2D eigenvalue weighted by molar-refractivity contribution is -0.131. The van der Waals surface area contributed by atoms with Gasteiger partial charge in [0.25, 0.3) is 5.91 Å². The fourth-order valence-corrected chi connectivity index (χ4v) is 3.13. The Labute approximate surface area is 116 Å². The van der Waals surface area contributed by atoms with Crippen LogP contribution in [0.15, 0.2) is 24.3 Å². The second-order valence-electron chi connectivity index (χ2n) is 5.20. The number of hydrogen-bond donors (Lipinski definition) is 1. The van der Waals surface area contributed by atoms with E-state index in [9.17, 15) is 9.59 Å². The number of carbonyl (C=O) groups is 2. The molecule has 1 aliphatic heterocycles. The van der Waals surface area contributed by atoms with Crippen LogP contribution in [0, 0.1) is 0 Å². The summed E-state index contributed by atoms with van der Waals surface area (Å²) in [5.74, 6) is -0.102. The molecule has 1 heterocycles. The van der Waals surface area contributed by atoms with Crippen molar-refractivity contribution in [3.05, 3.63) is 34.9 Å². The molecule has 0 unspecified atom stereocenters. The minimum absolute atomic E-state index is 0.102. The van der Waals surface area contributed by atoms with Gasteiger partial charge in [-0.2, -0.15) is 0 Å². The summed E-state index contributed by atoms with van der Waals surface area (Å²) in [6, 6.07) is 6.98. The average Bonchev–Trinajstić information content (AvgIpc) is 2.94. The number of rotatable bonds is 2. The second kappa shape index (κ2) is 4.53. The van der Waals surface area contributed by atoms with Crippen molar-refractivity contribution < 1.29 is 9.59 Å². The Kier molecular flexibility index (Phi) is 2.97. The molecule has 1 aliphatic carbocycles. The molecular formula is C14H15ClN2O2. The second-order valence-corrected chi connectivity index (χ2v) is 5.61. The van der Waals surface area contributed by atoms with Crippen LogP contribution in [0.3, 0.4) is 0 Å². The predicted octanol–water partition coefficient (Wildman–Crippen LogP) is 2.70. The van der Waals surface area contributed by atoms with E-state index in [4.69, 9.17) is 11.6 Å². The molecule has 0 radical (unpaired) electrons. The van der Waals surface area contributed by atoms with Crippen LogP contribution in [-0.4, -0.2) is 22.4 Å². The zero-order valence-corrected chi connectivity index (χ0v) is 11.2. The third kappa shape index (κ3) is 2.00. The molecule has 4 nitrogen and oxygen atoms in total. The van der Waals surface area contributed by atoms with Gasteiger partial charge in [-0.1, -0.05) is 42.6 Å². The normalized spacial score (nSPS) is 21.2. The number of hydrogen-bond acceptors (Lipinski definition) is 2. The van der Waals surface area contributed by atoms with E-state index in [1.54, 1.807) is 6.07 Å². The van der Waals surface area contributed by atoms with E-state index in [0.717, 1.165) is 31.2 Å². The number of halogens is 1. The molecular weight excluding hydrogens is 264 g/mol. The lowest BCUT2D eigenvalue weighted by Gasteiger charge is -2.20. The molecule has 19 heavy (non-hydrogen) atoms. The molecule has 2 fully saturated rings. The van der Waals surface area contributed by atoms with Crippen molar-refractivity contribution in [2.75, 3.05) is 0 Å². The summed E-state index contributed by atoms with van der Waals surface area (Å²) in [7, 11) is 0. The summed E-state index contributed by atoms with van der Waals surface area (Å²) in [4.78, 5) is 25.8. The quantitative estimate of drug-likeness (QED) is 0.846. The molecule has 3 amide bonds. The van der Waals surface area contributed by atoms with Crippen LogP contribution >= 0.6 is 11.6 Å². The molecule has 100 valence electrons. The molecule has 5 heteroatoms. The van der Waals surface area contributed by atoms with Crippen molar-refractivity contribution in [1.82, 2.24) is 10.2 Å². The number of nitrogens with one attached hydrogen (secondary N) is 1.